The molecule has 2 unspecified atom stereocenters. The average Bonchev–Trinajstić information content (AvgIpc) is 2.95. The molecule has 1 N–H and O–H groups in total. The molecule has 104 valence electrons. The maximum atomic E-state index is 12.6. The van der Waals surface area contributed by atoms with E-state index in [-0.39, 0.29) is 17.2 Å². The summed E-state index contributed by atoms with van der Waals surface area (Å²) in [6, 6.07) is 1.12. The number of nitrogens with zero attached hydrogens (tertiary/aromatic N) is 2. The van der Waals surface area contributed by atoms with Crippen LogP contribution in [0, 0.1) is 5.92 Å². The molecule has 0 radical (unpaired) electrons. The summed E-state index contributed by atoms with van der Waals surface area (Å²) in [6.07, 6.45) is 8.10. The molecule has 19 heavy (non-hydrogen) atoms. The van der Waals surface area contributed by atoms with E-state index in [0.717, 1.165) is 18.4 Å². The second-order valence-electron chi connectivity index (χ2n) is 7.01. The van der Waals surface area contributed by atoms with Crippen LogP contribution in [0.1, 0.15) is 56.8 Å². The van der Waals surface area contributed by atoms with Gasteiger partial charge < -0.3 is 5.32 Å². The molecule has 0 spiro atoms. The predicted octanol–water partition coefficient (Wildman–Crippen LogP) is 2.35. The molecule has 4 heteroatoms. The van der Waals surface area contributed by atoms with Crippen molar-refractivity contribution in [1.82, 2.24) is 15.1 Å². The summed E-state index contributed by atoms with van der Waals surface area (Å²) in [5.41, 5.74) is 0.715. The Labute approximate surface area is 114 Å². The van der Waals surface area contributed by atoms with Gasteiger partial charge in [0.25, 0.3) is 0 Å². The van der Waals surface area contributed by atoms with Crippen LogP contribution in [0.2, 0.25) is 0 Å². The van der Waals surface area contributed by atoms with Crippen molar-refractivity contribution in [2.24, 2.45) is 5.92 Å². The minimum absolute atomic E-state index is 0.0638. The lowest BCUT2D eigenvalue weighted by atomic mass is 9.87. The van der Waals surface area contributed by atoms with Crippen LogP contribution < -0.4 is 5.32 Å². The number of hydrogen-bond acceptors (Lipinski definition) is 3. The summed E-state index contributed by atoms with van der Waals surface area (Å²) in [5.74, 6) is 0.477. The van der Waals surface area contributed by atoms with Gasteiger partial charge in [-0.15, -0.1) is 0 Å². The number of aromatic nitrogens is 2. The highest BCUT2D eigenvalue weighted by Gasteiger charge is 2.37. The summed E-state index contributed by atoms with van der Waals surface area (Å²) >= 11 is 0. The predicted molar refractivity (Wildman–Crippen MR) is 74.2 cm³/mol. The highest BCUT2D eigenvalue weighted by atomic mass is 16.1. The molecular formula is C15H23N3O. The van der Waals surface area contributed by atoms with Gasteiger partial charge in [0.1, 0.15) is 0 Å². The molecule has 2 atom stereocenters. The molecular weight excluding hydrogens is 238 g/mol. The van der Waals surface area contributed by atoms with Crippen LogP contribution >= 0.6 is 0 Å². The molecule has 3 heterocycles. The van der Waals surface area contributed by atoms with Crippen molar-refractivity contribution in [3.63, 3.8) is 0 Å². The normalized spacial score (nSPS) is 30.6. The van der Waals surface area contributed by atoms with E-state index >= 15 is 0 Å². The quantitative estimate of drug-likeness (QED) is 0.831. The first-order chi connectivity index (χ1) is 8.93. The van der Waals surface area contributed by atoms with Crippen molar-refractivity contribution >= 4 is 5.78 Å². The third-order valence-electron chi connectivity index (χ3n) is 4.40. The fourth-order valence-electron chi connectivity index (χ4n) is 3.32. The fourth-order valence-corrected chi connectivity index (χ4v) is 3.32. The van der Waals surface area contributed by atoms with Crippen LogP contribution in [0.3, 0.4) is 0 Å². The van der Waals surface area contributed by atoms with E-state index in [1.165, 1.54) is 12.8 Å². The Morgan fingerprint density at radius 1 is 1.32 bits per heavy atom. The van der Waals surface area contributed by atoms with Crippen LogP contribution in [0.25, 0.3) is 0 Å². The van der Waals surface area contributed by atoms with Crippen LogP contribution in [0.4, 0.5) is 0 Å². The standard InChI is InChI=1S/C15H23N3O/c1-15(2,3)18-9-11(8-16-18)14(19)10-6-12-4-5-13(7-10)17-12/h8-10,12-13,17H,4-7H2,1-3H3. The average molecular weight is 261 g/mol. The number of rotatable bonds is 2. The molecule has 4 nitrogen and oxygen atoms in total. The first kappa shape index (κ1) is 12.9. The number of Topliss-reactive ketones (excluding diaryl/α,β-unsaturated/α-hetero) is 1. The minimum Gasteiger partial charge on any atom is -0.311 e. The number of nitrogens with one attached hydrogen (secondary N) is 1. The molecule has 0 saturated carbocycles. The Hall–Kier alpha value is -1.16. The third kappa shape index (κ3) is 2.46. The van der Waals surface area contributed by atoms with E-state index in [9.17, 15) is 4.79 Å². The lowest BCUT2D eigenvalue weighted by Crippen LogP contribution is -2.40. The highest BCUT2D eigenvalue weighted by molar-refractivity contribution is 5.97. The Morgan fingerprint density at radius 2 is 1.95 bits per heavy atom. The van der Waals surface area contributed by atoms with Gasteiger partial charge in [-0.25, -0.2) is 0 Å². The molecule has 2 saturated heterocycles. The van der Waals surface area contributed by atoms with Crippen LogP contribution in [0.15, 0.2) is 12.4 Å². The molecule has 0 aromatic carbocycles. The Morgan fingerprint density at radius 3 is 2.47 bits per heavy atom. The molecule has 2 aliphatic rings. The van der Waals surface area contributed by atoms with Gasteiger partial charge in [0.15, 0.2) is 5.78 Å². The maximum Gasteiger partial charge on any atom is 0.169 e. The van der Waals surface area contributed by atoms with Crippen LogP contribution in [-0.2, 0) is 5.54 Å². The number of carbonyl (C=O) groups is 1. The summed E-state index contributed by atoms with van der Waals surface area (Å²) in [6.45, 7) is 6.29. The number of hydrogen-bond donors (Lipinski definition) is 1. The van der Waals surface area contributed by atoms with Crippen molar-refractivity contribution in [2.75, 3.05) is 0 Å². The van der Waals surface area contributed by atoms with Crippen molar-refractivity contribution in [1.29, 1.82) is 0 Å². The highest BCUT2D eigenvalue weighted by Crippen LogP contribution is 2.32. The second kappa shape index (κ2) is 4.44. The van der Waals surface area contributed by atoms with E-state index in [1.54, 1.807) is 6.20 Å². The molecule has 0 aliphatic carbocycles. The Kier molecular flexibility index (Phi) is 3.01. The lowest BCUT2D eigenvalue weighted by Gasteiger charge is -2.27. The van der Waals surface area contributed by atoms with E-state index in [4.69, 9.17) is 0 Å². The summed E-state index contributed by atoms with van der Waals surface area (Å²) in [7, 11) is 0. The monoisotopic (exact) mass is 261 g/mol. The van der Waals surface area contributed by atoms with Gasteiger partial charge in [-0.2, -0.15) is 5.10 Å². The number of fused-ring (bicyclic) bond motifs is 2. The van der Waals surface area contributed by atoms with Crippen LogP contribution in [-0.4, -0.2) is 27.6 Å². The van der Waals surface area contributed by atoms with Gasteiger partial charge in [-0.1, -0.05) is 0 Å². The largest absolute Gasteiger partial charge is 0.311 e. The minimum atomic E-state index is -0.0638. The first-order valence-corrected chi connectivity index (χ1v) is 7.29. The van der Waals surface area contributed by atoms with E-state index in [1.807, 2.05) is 10.9 Å². The zero-order chi connectivity index (χ0) is 13.6. The topological polar surface area (TPSA) is 46.9 Å². The fraction of sp³-hybridized carbons (Fsp3) is 0.733. The second-order valence-corrected chi connectivity index (χ2v) is 7.01. The van der Waals surface area contributed by atoms with Crippen molar-refractivity contribution in [2.45, 2.75) is 64.1 Å². The van der Waals surface area contributed by atoms with Gasteiger partial charge in [0.2, 0.25) is 0 Å². The zero-order valence-corrected chi connectivity index (χ0v) is 12.0. The van der Waals surface area contributed by atoms with E-state index in [2.05, 4.69) is 31.2 Å². The molecule has 2 bridgehead atoms. The zero-order valence-electron chi connectivity index (χ0n) is 12.0. The Balaban J connectivity index is 1.75. The Bertz CT molecular complexity index is 474. The van der Waals surface area contributed by atoms with E-state index < -0.39 is 0 Å². The molecule has 1 aromatic rings. The van der Waals surface area contributed by atoms with Gasteiger partial charge in [0.05, 0.1) is 17.3 Å². The summed E-state index contributed by atoms with van der Waals surface area (Å²) in [5, 5.41) is 7.92. The number of ketones is 1. The first-order valence-electron chi connectivity index (χ1n) is 7.29. The van der Waals surface area contributed by atoms with Crippen molar-refractivity contribution in [3.05, 3.63) is 18.0 Å². The van der Waals surface area contributed by atoms with Crippen molar-refractivity contribution < 1.29 is 4.79 Å². The van der Waals surface area contributed by atoms with Gasteiger partial charge in [-0.05, 0) is 46.5 Å². The van der Waals surface area contributed by atoms with Gasteiger partial charge >= 0.3 is 0 Å². The number of piperidine rings is 1. The smallest absolute Gasteiger partial charge is 0.169 e. The van der Waals surface area contributed by atoms with Gasteiger partial charge in [0, 0.05) is 24.2 Å². The van der Waals surface area contributed by atoms with E-state index in [0.29, 0.717) is 12.1 Å². The third-order valence-corrected chi connectivity index (χ3v) is 4.40. The SMILES string of the molecule is CC(C)(C)n1cc(C(=O)C2CC3CCC(C2)N3)cn1. The van der Waals surface area contributed by atoms with Gasteiger partial charge in [-0.3, -0.25) is 9.48 Å². The van der Waals surface area contributed by atoms with Crippen LogP contribution in [0.5, 0.6) is 0 Å². The molecule has 3 rings (SSSR count). The van der Waals surface area contributed by atoms with Crippen molar-refractivity contribution in [3.8, 4) is 0 Å². The summed E-state index contributed by atoms with van der Waals surface area (Å²) in [4.78, 5) is 12.6. The summed E-state index contributed by atoms with van der Waals surface area (Å²) < 4.78 is 1.88. The lowest BCUT2D eigenvalue weighted by molar-refractivity contribution is 0.0875. The number of carbonyl (C=O) groups excluding carboxylic acids is 1. The molecule has 2 aliphatic heterocycles. The maximum absolute atomic E-state index is 12.6. The molecule has 1 aromatic heterocycles. The molecule has 0 amide bonds. The molecule has 2 fully saturated rings.